The molecule has 0 saturated carbocycles. The van der Waals surface area contributed by atoms with E-state index < -0.39 is 5.60 Å². The van der Waals surface area contributed by atoms with Crippen LogP contribution in [-0.2, 0) is 21.9 Å². The summed E-state index contributed by atoms with van der Waals surface area (Å²) in [6, 6.07) is 19.8. The Hall–Kier alpha value is -2.13. The van der Waals surface area contributed by atoms with Crippen molar-refractivity contribution in [2.75, 3.05) is 5.32 Å². The Morgan fingerprint density at radius 2 is 1.46 bits per heavy atom. The quantitative estimate of drug-likeness (QED) is 0.500. The molecule has 0 radical (unpaired) electrons. The van der Waals surface area contributed by atoms with Crippen LogP contribution in [0.4, 0.5) is 5.69 Å². The summed E-state index contributed by atoms with van der Waals surface area (Å²) in [7, 11) is 0. The number of hydrogen-bond donors (Lipinski definition) is 1. The number of nitrogens with one attached hydrogen (secondary N) is 1. The minimum absolute atomic E-state index is 0. The molecule has 0 saturated heterocycles. The van der Waals surface area contributed by atoms with Gasteiger partial charge in [-0.05, 0) is 36.4 Å². The molecular formula is C20H19CuNO2+. The number of rotatable bonds is 5. The molecule has 0 amide bonds. The van der Waals surface area contributed by atoms with E-state index >= 15 is 0 Å². The van der Waals surface area contributed by atoms with Crippen LogP contribution in [-0.4, -0.2) is 16.5 Å². The first-order valence-electron chi connectivity index (χ1n) is 7.55. The smallest absolute Gasteiger partial charge is 0.458 e. The predicted octanol–water partition coefficient (Wildman–Crippen LogP) is 3.20. The third kappa shape index (κ3) is 4.68. The van der Waals surface area contributed by atoms with E-state index in [-0.39, 0.29) is 28.9 Å². The van der Waals surface area contributed by atoms with Gasteiger partial charge in [0.25, 0.3) is 0 Å². The molecule has 0 bridgehead atoms. The van der Waals surface area contributed by atoms with Crippen molar-refractivity contribution in [3.8, 4) is 0 Å². The van der Waals surface area contributed by atoms with Gasteiger partial charge in [-0.1, -0.05) is 60.1 Å². The van der Waals surface area contributed by atoms with E-state index in [4.69, 9.17) is 5.11 Å². The Labute approximate surface area is 152 Å². The Balaban J connectivity index is 0.00000208. The Bertz CT molecular complexity index is 710. The van der Waals surface area contributed by atoms with E-state index in [0.717, 1.165) is 11.3 Å². The van der Waals surface area contributed by atoms with E-state index in [9.17, 15) is 4.79 Å². The van der Waals surface area contributed by atoms with Gasteiger partial charge in [0, 0.05) is 5.69 Å². The van der Waals surface area contributed by atoms with Gasteiger partial charge in [0.15, 0.2) is 5.78 Å². The zero-order chi connectivity index (χ0) is 16.1. The van der Waals surface area contributed by atoms with Crippen LogP contribution in [0.2, 0.25) is 0 Å². The minimum atomic E-state index is -1.00. The molecule has 0 spiro atoms. The standard InChI is InChI=1S/C20H18NO2.Cu/c22-18-11-13-20(23,14-12-18)15-19(16-7-3-1-4-8-16)21-17-9-5-2-6-10-17;/h1-15,19,21,23H;/q-1;+1/p+1. The summed E-state index contributed by atoms with van der Waals surface area (Å²) < 4.78 is 0. The van der Waals surface area contributed by atoms with Crippen LogP contribution in [0.25, 0.3) is 0 Å². The number of allylic oxidation sites excluding steroid dienone is 2. The van der Waals surface area contributed by atoms with E-state index in [1.807, 2.05) is 67.1 Å². The minimum Gasteiger partial charge on any atom is -0.458 e. The summed E-state index contributed by atoms with van der Waals surface area (Å²) in [5, 5.41) is 12.0. The first kappa shape index (κ1) is 18.2. The van der Waals surface area contributed by atoms with Gasteiger partial charge in [-0.3, -0.25) is 4.79 Å². The van der Waals surface area contributed by atoms with Gasteiger partial charge in [-0.25, -0.2) is 6.42 Å². The summed E-state index contributed by atoms with van der Waals surface area (Å²) in [4.78, 5) is 11.3. The van der Waals surface area contributed by atoms with Crippen molar-refractivity contribution in [2.45, 2.75) is 11.6 Å². The normalized spacial score (nSPS) is 16.3. The molecule has 1 atom stereocenters. The maximum Gasteiger partial charge on any atom is 1.00 e. The zero-order valence-electron chi connectivity index (χ0n) is 12.9. The maximum absolute atomic E-state index is 11.3. The fraction of sp³-hybridized carbons (Fsp3) is 0.100. The topological polar surface area (TPSA) is 52.0 Å². The predicted molar refractivity (Wildman–Crippen MR) is 93.2 cm³/mol. The van der Waals surface area contributed by atoms with Gasteiger partial charge >= 0.3 is 17.1 Å². The first-order chi connectivity index (χ1) is 11.1. The maximum atomic E-state index is 11.3. The largest absolute Gasteiger partial charge is 1.00 e. The number of hydrogen-bond acceptors (Lipinski definition) is 2. The number of carbonyl (C=O) groups excluding carboxylic acids is 1. The van der Waals surface area contributed by atoms with Crippen molar-refractivity contribution in [3.63, 3.8) is 0 Å². The average Bonchev–Trinajstić information content (AvgIpc) is 2.59. The molecule has 4 heteroatoms. The molecule has 1 aliphatic rings. The molecular weight excluding hydrogens is 350 g/mol. The van der Waals surface area contributed by atoms with Gasteiger partial charge in [0.1, 0.15) is 0 Å². The van der Waals surface area contributed by atoms with Crippen molar-refractivity contribution in [1.82, 2.24) is 0 Å². The number of anilines is 1. The molecule has 3 rings (SSSR count). The number of benzene rings is 2. The summed E-state index contributed by atoms with van der Waals surface area (Å²) in [5.41, 5.74) is 1.05. The van der Waals surface area contributed by atoms with Crippen LogP contribution >= 0.6 is 0 Å². The third-order valence-electron chi connectivity index (χ3n) is 3.74. The molecule has 2 aromatic rings. The average molecular weight is 369 g/mol. The third-order valence-corrected chi connectivity index (χ3v) is 3.74. The molecule has 24 heavy (non-hydrogen) atoms. The molecule has 1 unspecified atom stereocenters. The van der Waals surface area contributed by atoms with Gasteiger partial charge in [0.2, 0.25) is 0 Å². The first-order valence-corrected chi connectivity index (χ1v) is 7.55. The Kier molecular flexibility index (Phi) is 6.16. The van der Waals surface area contributed by atoms with E-state index in [1.165, 1.54) is 12.2 Å². The number of para-hydroxylation sites is 1. The van der Waals surface area contributed by atoms with Crippen molar-refractivity contribution < 1.29 is 27.0 Å². The Morgan fingerprint density at radius 3 is 2.04 bits per heavy atom. The summed E-state index contributed by atoms with van der Waals surface area (Å²) in [6.07, 6.45) is 8.05. The fourth-order valence-electron chi connectivity index (χ4n) is 2.53. The second-order valence-electron chi connectivity index (χ2n) is 5.57. The second-order valence-corrected chi connectivity index (χ2v) is 5.57. The summed E-state index contributed by atoms with van der Waals surface area (Å²) in [5.74, 6) is -0.0754. The van der Waals surface area contributed by atoms with Gasteiger partial charge < -0.3 is 10.4 Å². The van der Waals surface area contributed by atoms with Crippen molar-refractivity contribution in [2.24, 2.45) is 0 Å². The van der Waals surface area contributed by atoms with Crippen LogP contribution < -0.4 is 5.32 Å². The summed E-state index contributed by atoms with van der Waals surface area (Å²) >= 11 is 0. The van der Waals surface area contributed by atoms with Gasteiger partial charge in [-0.15, -0.1) is 0 Å². The van der Waals surface area contributed by atoms with Crippen molar-refractivity contribution in [3.05, 3.63) is 97.0 Å². The van der Waals surface area contributed by atoms with Crippen molar-refractivity contribution in [1.29, 1.82) is 0 Å². The number of carbonyl (C=O) groups is 1. The SMILES string of the molecule is O=C1C=CC([OH2+])([CH-]C(Nc2ccccc2)c2ccccc2)C=C1.[Cu+]. The number of ketones is 1. The molecule has 126 valence electrons. The van der Waals surface area contributed by atoms with Crippen LogP contribution in [0.1, 0.15) is 11.6 Å². The van der Waals surface area contributed by atoms with E-state index in [2.05, 4.69) is 5.32 Å². The molecule has 2 aromatic carbocycles. The molecule has 3 nitrogen and oxygen atoms in total. The van der Waals surface area contributed by atoms with E-state index in [0.29, 0.717) is 0 Å². The monoisotopic (exact) mass is 368 g/mol. The molecule has 3 N–H and O–H groups in total. The van der Waals surface area contributed by atoms with Crippen molar-refractivity contribution >= 4 is 11.5 Å². The van der Waals surface area contributed by atoms with Crippen LogP contribution in [0, 0.1) is 6.42 Å². The van der Waals surface area contributed by atoms with Crippen LogP contribution in [0.5, 0.6) is 0 Å². The van der Waals surface area contributed by atoms with Crippen LogP contribution in [0.15, 0.2) is 85.0 Å². The summed E-state index contributed by atoms with van der Waals surface area (Å²) in [6.45, 7) is 0. The molecule has 0 heterocycles. The molecule has 0 fully saturated rings. The van der Waals surface area contributed by atoms with Gasteiger partial charge in [0.05, 0.1) is 5.60 Å². The molecule has 0 aromatic heterocycles. The second kappa shape index (κ2) is 8.11. The van der Waals surface area contributed by atoms with Gasteiger partial charge in [-0.2, -0.15) is 0 Å². The zero-order valence-corrected chi connectivity index (χ0v) is 13.9. The molecule has 1 aliphatic carbocycles. The fourth-order valence-corrected chi connectivity index (χ4v) is 2.53. The Morgan fingerprint density at radius 1 is 0.917 bits per heavy atom. The van der Waals surface area contributed by atoms with E-state index in [1.54, 1.807) is 12.2 Å². The molecule has 0 aliphatic heterocycles. The van der Waals surface area contributed by atoms with Crippen LogP contribution in [0.3, 0.4) is 0 Å².